The Balaban J connectivity index is 2.20. The minimum absolute atomic E-state index is 0.0687. The highest BCUT2D eigenvalue weighted by molar-refractivity contribution is 5.83. The van der Waals surface area contributed by atoms with Crippen molar-refractivity contribution in [1.82, 2.24) is 5.32 Å². The summed E-state index contributed by atoms with van der Waals surface area (Å²) in [4.78, 5) is 12.7. The normalized spacial score (nSPS) is 22.9. The predicted molar refractivity (Wildman–Crippen MR) is 94.5 cm³/mol. The van der Waals surface area contributed by atoms with Gasteiger partial charge in [-0.2, -0.15) is 0 Å². The van der Waals surface area contributed by atoms with Crippen LogP contribution in [0.5, 0.6) is 0 Å². The molecule has 0 bridgehead atoms. The Morgan fingerprint density at radius 2 is 1.39 bits per heavy atom. The number of hydrogen-bond donors (Lipinski definition) is 1. The van der Waals surface area contributed by atoms with Gasteiger partial charge in [-0.3, -0.25) is 4.79 Å². The van der Waals surface area contributed by atoms with Gasteiger partial charge in [0, 0.05) is 11.3 Å². The highest BCUT2D eigenvalue weighted by Gasteiger charge is 2.41. The Morgan fingerprint density at radius 1 is 0.957 bits per heavy atom. The zero-order valence-corrected chi connectivity index (χ0v) is 14.6. The third-order valence-corrected chi connectivity index (χ3v) is 4.98. The summed E-state index contributed by atoms with van der Waals surface area (Å²) in [6.45, 7) is 10.2. The molecule has 0 aliphatic heterocycles. The third-order valence-electron chi connectivity index (χ3n) is 4.98. The fourth-order valence-electron chi connectivity index (χ4n) is 3.52. The zero-order valence-electron chi connectivity index (χ0n) is 14.6. The van der Waals surface area contributed by atoms with Crippen molar-refractivity contribution in [2.24, 2.45) is 5.41 Å². The quantitative estimate of drug-likeness (QED) is 0.821. The molecule has 0 spiro atoms. The van der Waals surface area contributed by atoms with E-state index in [1.54, 1.807) is 0 Å². The molecule has 1 aliphatic carbocycles. The molecule has 0 atom stereocenters. The Hall–Kier alpha value is -2.09. The average Bonchev–Trinajstić information content (AvgIpc) is 2.52. The lowest BCUT2D eigenvalue weighted by Gasteiger charge is -2.42. The van der Waals surface area contributed by atoms with Crippen LogP contribution in [0.15, 0.2) is 48.5 Å². The van der Waals surface area contributed by atoms with Crippen molar-refractivity contribution in [3.63, 3.8) is 0 Å². The van der Waals surface area contributed by atoms with Crippen molar-refractivity contribution in [3.8, 4) is 0 Å². The van der Waals surface area contributed by atoms with E-state index in [4.69, 9.17) is 0 Å². The molecule has 2 aromatic carbocycles. The van der Waals surface area contributed by atoms with Crippen LogP contribution in [0.25, 0.3) is 0 Å². The van der Waals surface area contributed by atoms with Crippen LogP contribution in [0, 0.1) is 5.41 Å². The number of rotatable bonds is 1. The van der Waals surface area contributed by atoms with Crippen LogP contribution in [-0.2, 0) is 10.3 Å². The summed E-state index contributed by atoms with van der Waals surface area (Å²) in [5.74, 6) is 0.404. The first-order valence-corrected chi connectivity index (χ1v) is 8.26. The zero-order chi connectivity index (χ0) is 16.8. The van der Waals surface area contributed by atoms with Gasteiger partial charge in [-0.05, 0) is 29.2 Å². The molecule has 120 valence electrons. The Kier molecular flexibility index (Phi) is 3.59. The monoisotopic (exact) mass is 307 g/mol. The van der Waals surface area contributed by atoms with E-state index in [0.717, 1.165) is 0 Å². The van der Waals surface area contributed by atoms with Gasteiger partial charge in [0.2, 0.25) is 5.91 Å². The van der Waals surface area contributed by atoms with Crippen LogP contribution in [0.1, 0.15) is 62.8 Å². The van der Waals surface area contributed by atoms with Crippen molar-refractivity contribution < 1.29 is 4.79 Å². The van der Waals surface area contributed by atoms with E-state index in [9.17, 15) is 4.79 Å². The van der Waals surface area contributed by atoms with E-state index in [0.29, 0.717) is 5.92 Å². The summed E-state index contributed by atoms with van der Waals surface area (Å²) in [5.41, 5.74) is 4.07. The fraction of sp³-hybridized carbons (Fsp3) is 0.381. The van der Waals surface area contributed by atoms with Crippen LogP contribution >= 0.6 is 0 Å². The van der Waals surface area contributed by atoms with E-state index < -0.39 is 11.0 Å². The van der Waals surface area contributed by atoms with Crippen molar-refractivity contribution in [2.45, 2.75) is 46.1 Å². The maximum Gasteiger partial charge on any atom is 0.226 e. The first kappa shape index (κ1) is 15.8. The van der Waals surface area contributed by atoms with Gasteiger partial charge in [0.15, 0.2) is 0 Å². The Morgan fingerprint density at radius 3 is 1.83 bits per heavy atom. The molecule has 2 aromatic rings. The van der Waals surface area contributed by atoms with Crippen LogP contribution < -0.4 is 5.32 Å². The molecule has 2 nitrogen and oxygen atoms in total. The summed E-state index contributed by atoms with van der Waals surface area (Å²) >= 11 is 0. The molecule has 0 heterocycles. The molecule has 0 radical (unpaired) electrons. The second-order valence-electron chi connectivity index (χ2n) is 7.73. The van der Waals surface area contributed by atoms with E-state index in [1.165, 1.54) is 22.3 Å². The maximum absolute atomic E-state index is 12.7. The second kappa shape index (κ2) is 5.23. The van der Waals surface area contributed by atoms with Gasteiger partial charge in [0.1, 0.15) is 0 Å². The molecule has 0 fully saturated rings. The lowest BCUT2D eigenvalue weighted by atomic mass is 9.69. The van der Waals surface area contributed by atoms with Gasteiger partial charge in [0.25, 0.3) is 0 Å². The van der Waals surface area contributed by atoms with Crippen LogP contribution in [-0.4, -0.2) is 5.91 Å². The van der Waals surface area contributed by atoms with E-state index in [-0.39, 0.29) is 5.91 Å². The first-order valence-electron chi connectivity index (χ1n) is 8.26. The van der Waals surface area contributed by atoms with Crippen molar-refractivity contribution in [3.05, 3.63) is 70.8 Å². The van der Waals surface area contributed by atoms with Gasteiger partial charge in [-0.15, -0.1) is 0 Å². The smallest absolute Gasteiger partial charge is 0.226 e. The molecular formula is C21H25NO. The number of benzene rings is 2. The molecule has 1 amide bonds. The van der Waals surface area contributed by atoms with Crippen molar-refractivity contribution in [1.29, 1.82) is 0 Å². The van der Waals surface area contributed by atoms with E-state index >= 15 is 0 Å². The number of hydrogen-bond acceptors (Lipinski definition) is 1. The van der Waals surface area contributed by atoms with Gasteiger partial charge < -0.3 is 5.32 Å². The molecule has 0 saturated carbocycles. The minimum Gasteiger partial charge on any atom is -0.342 e. The van der Waals surface area contributed by atoms with Gasteiger partial charge in [0.05, 0.1) is 5.54 Å². The van der Waals surface area contributed by atoms with Crippen molar-refractivity contribution in [2.75, 3.05) is 0 Å². The number of fused-ring (bicyclic) bond motifs is 2. The minimum atomic E-state index is -0.496. The number of amides is 1. The molecular weight excluding hydrogens is 282 g/mol. The molecule has 3 rings (SSSR count). The third kappa shape index (κ3) is 2.46. The molecule has 23 heavy (non-hydrogen) atoms. The molecule has 0 saturated heterocycles. The summed E-state index contributed by atoms with van der Waals surface area (Å²) in [5, 5.41) is 3.33. The highest BCUT2D eigenvalue weighted by Crippen LogP contribution is 2.45. The summed E-state index contributed by atoms with van der Waals surface area (Å²) < 4.78 is 0. The van der Waals surface area contributed by atoms with Crippen molar-refractivity contribution >= 4 is 5.91 Å². The lowest BCUT2D eigenvalue weighted by Crippen LogP contribution is -2.51. The van der Waals surface area contributed by atoms with Crippen LogP contribution in [0.4, 0.5) is 0 Å². The molecule has 2 heteroatoms. The molecule has 1 N–H and O–H groups in total. The molecule has 0 aromatic heterocycles. The van der Waals surface area contributed by atoms with E-state index in [1.807, 2.05) is 20.8 Å². The maximum atomic E-state index is 12.7. The SMILES string of the molecule is CC1c2ccccc2C(C)(NC(=O)C(C)(C)C)c2ccccc21. The highest BCUT2D eigenvalue weighted by atomic mass is 16.2. The Labute approximate surface area is 138 Å². The van der Waals surface area contributed by atoms with Gasteiger partial charge in [-0.25, -0.2) is 0 Å². The molecule has 0 unspecified atom stereocenters. The average molecular weight is 307 g/mol. The fourth-order valence-corrected chi connectivity index (χ4v) is 3.52. The van der Waals surface area contributed by atoms with E-state index in [2.05, 4.69) is 67.7 Å². The topological polar surface area (TPSA) is 29.1 Å². The van der Waals surface area contributed by atoms with Gasteiger partial charge in [-0.1, -0.05) is 76.2 Å². The summed E-state index contributed by atoms with van der Waals surface area (Å²) in [6, 6.07) is 16.9. The largest absolute Gasteiger partial charge is 0.342 e. The van der Waals surface area contributed by atoms with Gasteiger partial charge >= 0.3 is 0 Å². The second-order valence-corrected chi connectivity index (χ2v) is 7.73. The summed E-state index contributed by atoms with van der Waals surface area (Å²) in [7, 11) is 0. The number of carbonyl (C=O) groups excluding carboxylic acids is 1. The predicted octanol–water partition coefficient (Wildman–Crippen LogP) is 4.58. The first-order chi connectivity index (χ1) is 10.7. The molecule has 1 aliphatic rings. The standard InChI is InChI=1S/C21H25NO/c1-14-15-10-6-8-12-17(15)21(5,22-19(23)20(2,3)4)18-13-9-7-11-16(14)18/h6-14H,1-5H3,(H,22,23). The number of nitrogens with one attached hydrogen (secondary N) is 1. The van der Waals surface area contributed by atoms with Crippen LogP contribution in [0.3, 0.4) is 0 Å². The van der Waals surface area contributed by atoms with Crippen LogP contribution in [0.2, 0.25) is 0 Å². The number of carbonyl (C=O) groups is 1. The Bertz CT molecular complexity index is 707. The summed E-state index contributed by atoms with van der Waals surface area (Å²) in [6.07, 6.45) is 0. The lowest BCUT2D eigenvalue weighted by molar-refractivity contribution is -0.130.